The normalized spacial score (nSPS) is 25.6. The van der Waals surface area contributed by atoms with E-state index >= 15 is 0 Å². The van der Waals surface area contributed by atoms with E-state index in [1.807, 2.05) is 0 Å². The zero-order chi connectivity index (χ0) is 12.1. The number of rotatable bonds is 5. The van der Waals surface area contributed by atoms with E-state index in [4.69, 9.17) is 17.2 Å². The topological polar surface area (TPSA) is 115 Å². The molecule has 0 heterocycles. The van der Waals surface area contributed by atoms with Crippen molar-refractivity contribution in [2.75, 3.05) is 13.1 Å². The summed E-state index contributed by atoms with van der Waals surface area (Å²) in [6.07, 6.45) is 3.61. The summed E-state index contributed by atoms with van der Waals surface area (Å²) in [4.78, 5) is 23.6. The summed E-state index contributed by atoms with van der Waals surface area (Å²) in [6.45, 7) is 0.172. The van der Waals surface area contributed by atoms with Gasteiger partial charge in [0.05, 0.1) is 13.1 Å². The van der Waals surface area contributed by atoms with Crippen LogP contribution in [-0.2, 0) is 9.59 Å². The lowest BCUT2D eigenvalue weighted by molar-refractivity contribution is -0.123. The summed E-state index contributed by atoms with van der Waals surface area (Å²) in [6, 6.07) is 0.431. The number of carbonyl (C=O) groups excluding carboxylic acids is 2. The molecule has 1 aliphatic rings. The van der Waals surface area contributed by atoms with E-state index in [0.717, 1.165) is 25.7 Å². The molecule has 0 unspecified atom stereocenters. The van der Waals surface area contributed by atoms with Crippen molar-refractivity contribution in [3.8, 4) is 0 Å². The lowest BCUT2D eigenvalue weighted by atomic mass is 9.90. The Morgan fingerprint density at radius 1 is 1.00 bits per heavy atom. The molecule has 0 aromatic carbocycles. The molecule has 1 saturated carbocycles. The van der Waals surface area contributed by atoms with Crippen LogP contribution in [0.3, 0.4) is 0 Å². The van der Waals surface area contributed by atoms with Crippen LogP contribution in [-0.4, -0.2) is 41.9 Å². The first-order valence-corrected chi connectivity index (χ1v) is 5.55. The molecule has 0 aromatic rings. The standard InChI is InChI=1S/C10H20N4O2/c11-7-1-3-8(4-2-7)14(5-9(12)15)6-10(13)16/h7-8H,1-6,11H2,(H2,12,15)(H2,13,16). The molecular weight excluding hydrogens is 208 g/mol. The van der Waals surface area contributed by atoms with E-state index in [1.54, 1.807) is 4.90 Å². The number of amides is 2. The van der Waals surface area contributed by atoms with Crippen LogP contribution in [0.1, 0.15) is 25.7 Å². The van der Waals surface area contributed by atoms with Crippen LogP contribution in [0.4, 0.5) is 0 Å². The van der Waals surface area contributed by atoms with Crippen molar-refractivity contribution in [2.45, 2.75) is 37.8 Å². The molecule has 92 valence electrons. The predicted molar refractivity (Wildman–Crippen MR) is 60.2 cm³/mol. The molecule has 1 aliphatic carbocycles. The summed E-state index contributed by atoms with van der Waals surface area (Å²) >= 11 is 0. The summed E-state index contributed by atoms with van der Waals surface area (Å²) < 4.78 is 0. The van der Waals surface area contributed by atoms with Gasteiger partial charge < -0.3 is 17.2 Å². The van der Waals surface area contributed by atoms with E-state index in [-0.39, 0.29) is 25.2 Å². The fourth-order valence-electron chi connectivity index (χ4n) is 2.18. The minimum atomic E-state index is -0.434. The Morgan fingerprint density at radius 3 is 1.81 bits per heavy atom. The van der Waals surface area contributed by atoms with Crippen molar-refractivity contribution in [1.29, 1.82) is 0 Å². The quantitative estimate of drug-likeness (QED) is 0.532. The zero-order valence-corrected chi connectivity index (χ0v) is 9.39. The number of nitrogens with zero attached hydrogens (tertiary/aromatic N) is 1. The zero-order valence-electron chi connectivity index (χ0n) is 9.39. The maximum absolute atomic E-state index is 10.9. The first-order valence-electron chi connectivity index (χ1n) is 5.55. The molecule has 0 bridgehead atoms. The van der Waals surface area contributed by atoms with Crippen molar-refractivity contribution in [2.24, 2.45) is 17.2 Å². The Labute approximate surface area is 95.1 Å². The summed E-state index contributed by atoms with van der Waals surface area (Å²) in [5.41, 5.74) is 16.1. The highest BCUT2D eigenvalue weighted by molar-refractivity contribution is 5.79. The van der Waals surface area contributed by atoms with E-state index < -0.39 is 11.8 Å². The Morgan fingerprint density at radius 2 is 1.44 bits per heavy atom. The van der Waals surface area contributed by atoms with Crippen LogP contribution in [0.2, 0.25) is 0 Å². The van der Waals surface area contributed by atoms with Gasteiger partial charge >= 0.3 is 0 Å². The molecule has 6 nitrogen and oxygen atoms in total. The molecular formula is C10H20N4O2. The van der Waals surface area contributed by atoms with E-state index in [1.165, 1.54) is 0 Å². The first-order chi connectivity index (χ1) is 7.49. The van der Waals surface area contributed by atoms with E-state index in [9.17, 15) is 9.59 Å². The highest BCUT2D eigenvalue weighted by atomic mass is 16.2. The van der Waals surface area contributed by atoms with Crippen molar-refractivity contribution in [3.05, 3.63) is 0 Å². The second-order valence-corrected chi connectivity index (χ2v) is 4.41. The monoisotopic (exact) mass is 228 g/mol. The van der Waals surface area contributed by atoms with Gasteiger partial charge in [-0.25, -0.2) is 0 Å². The van der Waals surface area contributed by atoms with Crippen LogP contribution < -0.4 is 17.2 Å². The Hall–Kier alpha value is -1.14. The van der Waals surface area contributed by atoms with E-state index in [0.29, 0.717) is 0 Å². The van der Waals surface area contributed by atoms with Crippen LogP contribution >= 0.6 is 0 Å². The molecule has 0 spiro atoms. The number of carbonyl (C=O) groups is 2. The smallest absolute Gasteiger partial charge is 0.231 e. The molecule has 6 N–H and O–H groups in total. The minimum absolute atomic E-state index is 0.0862. The van der Waals surface area contributed by atoms with Gasteiger partial charge in [-0.1, -0.05) is 0 Å². The molecule has 2 amide bonds. The third-order valence-corrected chi connectivity index (χ3v) is 2.98. The van der Waals surface area contributed by atoms with Gasteiger partial charge in [0.25, 0.3) is 0 Å². The third kappa shape index (κ3) is 4.16. The fourth-order valence-corrected chi connectivity index (χ4v) is 2.18. The molecule has 1 fully saturated rings. The molecule has 16 heavy (non-hydrogen) atoms. The predicted octanol–water partition coefficient (Wildman–Crippen LogP) is -1.47. The Kier molecular flexibility index (Phi) is 4.70. The number of primary amides is 2. The van der Waals surface area contributed by atoms with Gasteiger partial charge in [-0.15, -0.1) is 0 Å². The highest BCUT2D eigenvalue weighted by Gasteiger charge is 2.25. The molecule has 0 atom stereocenters. The number of nitrogens with two attached hydrogens (primary N) is 3. The Balaban J connectivity index is 2.53. The largest absolute Gasteiger partial charge is 0.369 e. The Bertz CT molecular complexity index is 246. The van der Waals surface area contributed by atoms with Crippen LogP contribution in [0.15, 0.2) is 0 Å². The molecule has 0 aliphatic heterocycles. The van der Waals surface area contributed by atoms with Crippen molar-refractivity contribution >= 4 is 11.8 Å². The highest BCUT2D eigenvalue weighted by Crippen LogP contribution is 2.21. The maximum Gasteiger partial charge on any atom is 0.231 e. The third-order valence-electron chi connectivity index (χ3n) is 2.98. The summed E-state index contributed by atoms with van der Waals surface area (Å²) in [5.74, 6) is -0.868. The average molecular weight is 228 g/mol. The molecule has 0 saturated heterocycles. The number of hydrogen-bond donors (Lipinski definition) is 3. The van der Waals surface area contributed by atoms with Gasteiger partial charge in [-0.05, 0) is 25.7 Å². The van der Waals surface area contributed by atoms with E-state index in [2.05, 4.69) is 0 Å². The van der Waals surface area contributed by atoms with Gasteiger partial charge in [-0.3, -0.25) is 14.5 Å². The lowest BCUT2D eigenvalue weighted by Gasteiger charge is -2.34. The van der Waals surface area contributed by atoms with Gasteiger partial charge in [0.15, 0.2) is 0 Å². The lowest BCUT2D eigenvalue weighted by Crippen LogP contribution is -2.48. The van der Waals surface area contributed by atoms with Gasteiger partial charge in [0.2, 0.25) is 11.8 Å². The first kappa shape index (κ1) is 12.9. The van der Waals surface area contributed by atoms with Crippen molar-refractivity contribution in [3.63, 3.8) is 0 Å². The molecule has 0 radical (unpaired) electrons. The summed E-state index contributed by atoms with van der Waals surface area (Å²) in [7, 11) is 0. The van der Waals surface area contributed by atoms with Crippen LogP contribution in [0, 0.1) is 0 Å². The van der Waals surface area contributed by atoms with Gasteiger partial charge in [0.1, 0.15) is 0 Å². The fraction of sp³-hybridized carbons (Fsp3) is 0.800. The SMILES string of the molecule is NC(=O)CN(CC(N)=O)C1CCC(N)CC1. The average Bonchev–Trinajstić information content (AvgIpc) is 2.16. The van der Waals surface area contributed by atoms with Gasteiger partial charge in [0, 0.05) is 12.1 Å². The molecule has 0 aromatic heterocycles. The van der Waals surface area contributed by atoms with Crippen LogP contribution in [0.25, 0.3) is 0 Å². The second kappa shape index (κ2) is 5.81. The van der Waals surface area contributed by atoms with Crippen molar-refractivity contribution in [1.82, 2.24) is 4.90 Å². The maximum atomic E-state index is 10.9. The molecule has 6 heteroatoms. The number of hydrogen-bond acceptors (Lipinski definition) is 4. The second-order valence-electron chi connectivity index (χ2n) is 4.41. The van der Waals surface area contributed by atoms with Crippen LogP contribution in [0.5, 0.6) is 0 Å². The summed E-state index contributed by atoms with van der Waals surface area (Å²) in [5, 5.41) is 0. The minimum Gasteiger partial charge on any atom is -0.369 e. The van der Waals surface area contributed by atoms with Gasteiger partial charge in [-0.2, -0.15) is 0 Å². The van der Waals surface area contributed by atoms with Crippen molar-refractivity contribution < 1.29 is 9.59 Å². The molecule has 1 rings (SSSR count).